The maximum atomic E-state index is 13.5. The van der Waals surface area contributed by atoms with Crippen molar-refractivity contribution in [3.63, 3.8) is 0 Å². The molecule has 0 fully saturated rings. The van der Waals surface area contributed by atoms with Gasteiger partial charge in [0.1, 0.15) is 17.4 Å². The van der Waals surface area contributed by atoms with E-state index in [9.17, 15) is 13.6 Å². The van der Waals surface area contributed by atoms with Crippen LogP contribution >= 0.6 is 0 Å². The van der Waals surface area contributed by atoms with E-state index in [4.69, 9.17) is 5.73 Å². The Labute approximate surface area is 109 Å². The molecule has 0 bridgehead atoms. The Morgan fingerprint density at radius 2 is 1.79 bits per heavy atom. The van der Waals surface area contributed by atoms with E-state index in [1.165, 1.54) is 37.3 Å². The molecule has 2 nitrogen and oxygen atoms in total. The van der Waals surface area contributed by atoms with E-state index >= 15 is 0 Å². The molecule has 1 unspecified atom stereocenters. The van der Waals surface area contributed by atoms with E-state index in [0.29, 0.717) is 11.1 Å². The average molecular weight is 261 g/mol. The van der Waals surface area contributed by atoms with Crippen LogP contribution in [0.25, 0.3) is 0 Å². The van der Waals surface area contributed by atoms with Gasteiger partial charge in [0, 0.05) is 0 Å². The number of hydrogen-bond acceptors (Lipinski definition) is 2. The maximum absolute atomic E-state index is 13.5. The zero-order valence-electron chi connectivity index (χ0n) is 10.4. The molecular formula is C15H13F2NO. The highest BCUT2D eigenvalue weighted by Gasteiger charge is 2.20. The number of carbonyl (C=O) groups is 1. The Balaban J connectivity index is 2.51. The average Bonchev–Trinajstić information content (AvgIpc) is 2.33. The molecule has 0 aliphatic rings. The zero-order valence-corrected chi connectivity index (χ0v) is 10.4. The van der Waals surface area contributed by atoms with Crippen LogP contribution in [0.2, 0.25) is 0 Å². The molecule has 2 N–H and O–H groups in total. The van der Waals surface area contributed by atoms with Crippen LogP contribution in [-0.4, -0.2) is 5.78 Å². The molecule has 0 aliphatic carbocycles. The number of nitrogen functional groups attached to an aromatic ring is 1. The Bertz CT molecular complexity index is 625. The smallest absolute Gasteiger partial charge is 0.146 e. The van der Waals surface area contributed by atoms with Gasteiger partial charge in [0.05, 0.1) is 11.6 Å². The maximum Gasteiger partial charge on any atom is 0.146 e. The SMILES string of the molecule is CC(=O)C(c1cccc(F)c1)c1ccc(N)c(F)c1. The molecule has 0 aromatic heterocycles. The first-order chi connectivity index (χ1) is 8.99. The molecule has 1 atom stereocenters. The van der Waals surface area contributed by atoms with Gasteiger partial charge >= 0.3 is 0 Å². The number of rotatable bonds is 3. The molecule has 0 saturated carbocycles. The first-order valence-corrected chi connectivity index (χ1v) is 5.80. The van der Waals surface area contributed by atoms with Crippen LogP contribution in [0.4, 0.5) is 14.5 Å². The van der Waals surface area contributed by atoms with Crippen molar-refractivity contribution in [2.45, 2.75) is 12.8 Å². The number of halogens is 2. The van der Waals surface area contributed by atoms with Gasteiger partial charge < -0.3 is 5.73 Å². The van der Waals surface area contributed by atoms with Crippen molar-refractivity contribution in [3.8, 4) is 0 Å². The van der Waals surface area contributed by atoms with Crippen molar-refractivity contribution < 1.29 is 13.6 Å². The minimum Gasteiger partial charge on any atom is -0.396 e. The Morgan fingerprint density at radius 3 is 2.37 bits per heavy atom. The van der Waals surface area contributed by atoms with Gasteiger partial charge in [-0.05, 0) is 42.3 Å². The lowest BCUT2D eigenvalue weighted by Gasteiger charge is -2.15. The normalized spacial score (nSPS) is 12.2. The molecule has 2 aromatic carbocycles. The summed E-state index contributed by atoms with van der Waals surface area (Å²) in [6, 6.07) is 9.93. The monoisotopic (exact) mass is 261 g/mol. The highest BCUT2D eigenvalue weighted by atomic mass is 19.1. The number of carbonyl (C=O) groups excluding carboxylic acids is 1. The van der Waals surface area contributed by atoms with E-state index in [1.54, 1.807) is 12.1 Å². The van der Waals surface area contributed by atoms with Crippen LogP contribution in [0.5, 0.6) is 0 Å². The van der Waals surface area contributed by atoms with Crippen LogP contribution in [0, 0.1) is 11.6 Å². The summed E-state index contributed by atoms with van der Waals surface area (Å²) in [4.78, 5) is 11.8. The second-order valence-electron chi connectivity index (χ2n) is 4.38. The second kappa shape index (κ2) is 5.18. The fraction of sp³-hybridized carbons (Fsp3) is 0.133. The number of ketones is 1. The van der Waals surface area contributed by atoms with Crippen molar-refractivity contribution in [2.75, 3.05) is 5.73 Å². The van der Waals surface area contributed by atoms with Crippen LogP contribution < -0.4 is 5.73 Å². The molecule has 4 heteroatoms. The van der Waals surface area contributed by atoms with Gasteiger partial charge in [0.25, 0.3) is 0 Å². The topological polar surface area (TPSA) is 43.1 Å². The lowest BCUT2D eigenvalue weighted by atomic mass is 9.88. The van der Waals surface area contributed by atoms with Crippen molar-refractivity contribution in [3.05, 3.63) is 65.2 Å². The quantitative estimate of drug-likeness (QED) is 0.862. The highest BCUT2D eigenvalue weighted by Crippen LogP contribution is 2.28. The highest BCUT2D eigenvalue weighted by molar-refractivity contribution is 5.87. The van der Waals surface area contributed by atoms with Gasteiger partial charge in [-0.2, -0.15) is 0 Å². The van der Waals surface area contributed by atoms with Gasteiger partial charge in [-0.3, -0.25) is 4.79 Å². The lowest BCUT2D eigenvalue weighted by Crippen LogP contribution is -2.11. The van der Waals surface area contributed by atoms with E-state index in [2.05, 4.69) is 0 Å². The van der Waals surface area contributed by atoms with Crippen LogP contribution in [0.1, 0.15) is 24.0 Å². The zero-order chi connectivity index (χ0) is 14.0. The van der Waals surface area contributed by atoms with Gasteiger partial charge in [0.2, 0.25) is 0 Å². The molecule has 0 radical (unpaired) electrons. The third kappa shape index (κ3) is 2.78. The summed E-state index contributed by atoms with van der Waals surface area (Å²) in [6.45, 7) is 1.39. The third-order valence-corrected chi connectivity index (χ3v) is 2.95. The van der Waals surface area contributed by atoms with E-state index < -0.39 is 17.6 Å². The first kappa shape index (κ1) is 13.2. The largest absolute Gasteiger partial charge is 0.396 e. The lowest BCUT2D eigenvalue weighted by molar-refractivity contribution is -0.117. The number of nitrogens with two attached hydrogens (primary N) is 1. The van der Waals surface area contributed by atoms with Crippen LogP contribution in [0.15, 0.2) is 42.5 Å². The van der Waals surface area contributed by atoms with Crippen molar-refractivity contribution in [2.24, 2.45) is 0 Å². The fourth-order valence-corrected chi connectivity index (χ4v) is 2.07. The number of anilines is 1. The predicted molar refractivity (Wildman–Crippen MR) is 69.7 cm³/mol. The summed E-state index contributed by atoms with van der Waals surface area (Å²) in [5.41, 5.74) is 6.39. The molecule has 0 saturated heterocycles. The Hall–Kier alpha value is -2.23. The predicted octanol–water partition coefficient (Wildman–Crippen LogP) is 3.27. The number of Topliss-reactive ketones (excluding diaryl/α,β-unsaturated/α-hetero) is 1. The van der Waals surface area contributed by atoms with E-state index in [0.717, 1.165) is 0 Å². The number of hydrogen-bond donors (Lipinski definition) is 1. The summed E-state index contributed by atoms with van der Waals surface area (Å²) in [6.07, 6.45) is 0. The minimum atomic E-state index is -0.689. The summed E-state index contributed by atoms with van der Waals surface area (Å²) in [5.74, 6) is -1.89. The summed E-state index contributed by atoms with van der Waals surface area (Å²) in [5, 5.41) is 0. The molecule has 98 valence electrons. The molecule has 2 aromatic rings. The van der Waals surface area contributed by atoms with Gasteiger partial charge in [-0.25, -0.2) is 8.78 Å². The minimum absolute atomic E-state index is 0.0188. The van der Waals surface area contributed by atoms with Crippen molar-refractivity contribution >= 4 is 11.5 Å². The Morgan fingerprint density at radius 1 is 1.11 bits per heavy atom. The fourth-order valence-electron chi connectivity index (χ4n) is 2.07. The summed E-state index contributed by atoms with van der Waals surface area (Å²) < 4.78 is 26.7. The number of benzene rings is 2. The molecule has 0 spiro atoms. The van der Waals surface area contributed by atoms with Crippen LogP contribution in [0.3, 0.4) is 0 Å². The summed E-state index contributed by atoms with van der Waals surface area (Å²) >= 11 is 0. The van der Waals surface area contributed by atoms with E-state index in [-0.39, 0.29) is 11.5 Å². The van der Waals surface area contributed by atoms with Gasteiger partial charge in [-0.1, -0.05) is 18.2 Å². The van der Waals surface area contributed by atoms with Crippen molar-refractivity contribution in [1.29, 1.82) is 0 Å². The molecule has 0 heterocycles. The molecule has 0 amide bonds. The summed E-state index contributed by atoms with van der Waals surface area (Å²) in [7, 11) is 0. The molecule has 19 heavy (non-hydrogen) atoms. The third-order valence-electron chi connectivity index (χ3n) is 2.95. The standard InChI is InChI=1S/C15H13F2NO/c1-9(19)15(10-3-2-4-12(16)7-10)11-5-6-14(18)13(17)8-11/h2-8,15H,18H2,1H3. The molecule has 2 rings (SSSR count). The van der Waals surface area contributed by atoms with Crippen molar-refractivity contribution in [1.82, 2.24) is 0 Å². The molecule has 0 aliphatic heterocycles. The van der Waals surface area contributed by atoms with Crippen LogP contribution in [-0.2, 0) is 4.79 Å². The Kier molecular flexibility index (Phi) is 3.60. The van der Waals surface area contributed by atoms with E-state index in [1.807, 2.05) is 0 Å². The first-order valence-electron chi connectivity index (χ1n) is 5.80. The van der Waals surface area contributed by atoms with Gasteiger partial charge in [0.15, 0.2) is 0 Å². The van der Waals surface area contributed by atoms with Gasteiger partial charge in [-0.15, -0.1) is 0 Å². The second-order valence-corrected chi connectivity index (χ2v) is 4.38. The molecular weight excluding hydrogens is 248 g/mol.